The first-order chi connectivity index (χ1) is 11.5. The molecule has 0 aliphatic rings. The zero-order valence-electron chi connectivity index (χ0n) is 13.8. The van der Waals surface area contributed by atoms with Crippen molar-refractivity contribution in [2.45, 2.75) is 26.2 Å². The minimum Gasteiger partial charge on any atom is -0.495 e. The molecule has 5 nitrogen and oxygen atoms in total. The Morgan fingerprint density at radius 3 is 2.46 bits per heavy atom. The molecule has 126 valence electrons. The molecule has 0 bridgehead atoms. The van der Waals surface area contributed by atoms with Crippen molar-refractivity contribution in [3.8, 4) is 5.75 Å². The SMILES string of the molecule is COc1cc(C(=O)O)ccc1NC(=O)CCCc1ccc(C)cc1. The molecular formula is C19H21NO4. The molecule has 0 unspecified atom stereocenters. The first kappa shape index (κ1) is 17.5. The third-order valence-electron chi connectivity index (χ3n) is 3.71. The van der Waals surface area contributed by atoms with Crippen molar-refractivity contribution in [3.63, 3.8) is 0 Å². The number of aryl methyl sites for hydroxylation is 2. The van der Waals surface area contributed by atoms with E-state index in [-0.39, 0.29) is 11.5 Å². The Labute approximate surface area is 141 Å². The van der Waals surface area contributed by atoms with Crippen LogP contribution in [0.3, 0.4) is 0 Å². The first-order valence-corrected chi connectivity index (χ1v) is 7.76. The maximum atomic E-state index is 12.1. The molecule has 0 radical (unpaired) electrons. The summed E-state index contributed by atoms with van der Waals surface area (Å²) in [4.78, 5) is 23.0. The molecule has 2 N–H and O–H groups in total. The lowest BCUT2D eigenvalue weighted by Gasteiger charge is -2.11. The quantitative estimate of drug-likeness (QED) is 0.813. The Morgan fingerprint density at radius 2 is 1.83 bits per heavy atom. The van der Waals surface area contributed by atoms with Gasteiger partial charge in [-0.25, -0.2) is 4.79 Å². The summed E-state index contributed by atoms with van der Waals surface area (Å²) in [6.45, 7) is 2.04. The largest absolute Gasteiger partial charge is 0.495 e. The number of nitrogens with one attached hydrogen (secondary N) is 1. The van der Waals surface area contributed by atoms with Crippen LogP contribution in [0.2, 0.25) is 0 Å². The van der Waals surface area contributed by atoms with Crippen molar-refractivity contribution in [1.82, 2.24) is 0 Å². The van der Waals surface area contributed by atoms with Gasteiger partial charge in [-0.1, -0.05) is 29.8 Å². The molecule has 2 aromatic carbocycles. The second-order valence-corrected chi connectivity index (χ2v) is 5.61. The van der Waals surface area contributed by atoms with E-state index in [0.717, 1.165) is 12.8 Å². The van der Waals surface area contributed by atoms with E-state index in [9.17, 15) is 9.59 Å². The summed E-state index contributed by atoms with van der Waals surface area (Å²) in [5.74, 6) is -0.824. The highest BCUT2D eigenvalue weighted by Crippen LogP contribution is 2.26. The Bertz CT molecular complexity index is 723. The van der Waals surface area contributed by atoms with E-state index in [4.69, 9.17) is 9.84 Å². The fraction of sp³-hybridized carbons (Fsp3) is 0.263. The highest BCUT2D eigenvalue weighted by Gasteiger charge is 2.11. The number of benzene rings is 2. The second kappa shape index (κ2) is 8.15. The molecule has 5 heteroatoms. The maximum absolute atomic E-state index is 12.1. The number of ether oxygens (including phenoxy) is 1. The molecule has 2 aromatic rings. The van der Waals surface area contributed by atoms with Crippen molar-refractivity contribution >= 4 is 17.6 Å². The molecule has 0 heterocycles. The van der Waals surface area contributed by atoms with Crippen LogP contribution in [-0.2, 0) is 11.2 Å². The smallest absolute Gasteiger partial charge is 0.335 e. The molecule has 1 amide bonds. The normalized spacial score (nSPS) is 10.2. The highest BCUT2D eigenvalue weighted by molar-refractivity contribution is 5.94. The monoisotopic (exact) mass is 327 g/mol. The third kappa shape index (κ3) is 4.84. The maximum Gasteiger partial charge on any atom is 0.335 e. The van der Waals surface area contributed by atoms with E-state index in [1.54, 1.807) is 6.07 Å². The summed E-state index contributed by atoms with van der Waals surface area (Å²) in [7, 11) is 1.44. The van der Waals surface area contributed by atoms with Crippen LogP contribution < -0.4 is 10.1 Å². The number of methoxy groups -OCH3 is 1. The lowest BCUT2D eigenvalue weighted by Crippen LogP contribution is -2.12. The lowest BCUT2D eigenvalue weighted by molar-refractivity contribution is -0.116. The molecule has 0 atom stereocenters. The number of hydrogen-bond donors (Lipinski definition) is 2. The fourth-order valence-electron chi connectivity index (χ4n) is 2.35. The van der Waals surface area contributed by atoms with E-state index in [0.29, 0.717) is 17.9 Å². The molecule has 0 spiro atoms. The Kier molecular flexibility index (Phi) is 5.95. The van der Waals surface area contributed by atoms with Crippen LogP contribution in [0.5, 0.6) is 5.75 Å². The lowest BCUT2D eigenvalue weighted by atomic mass is 10.1. The van der Waals surface area contributed by atoms with E-state index in [1.807, 2.05) is 6.92 Å². The van der Waals surface area contributed by atoms with Crippen LogP contribution in [-0.4, -0.2) is 24.1 Å². The third-order valence-corrected chi connectivity index (χ3v) is 3.71. The average molecular weight is 327 g/mol. The number of anilines is 1. The van der Waals surface area contributed by atoms with Gasteiger partial charge in [0, 0.05) is 6.42 Å². The molecule has 0 saturated carbocycles. The topological polar surface area (TPSA) is 75.6 Å². The molecular weight excluding hydrogens is 306 g/mol. The van der Waals surface area contributed by atoms with E-state index in [1.165, 1.54) is 30.4 Å². The summed E-state index contributed by atoms with van der Waals surface area (Å²) in [6.07, 6.45) is 1.96. The number of carboxylic acids is 1. The predicted molar refractivity (Wildman–Crippen MR) is 92.7 cm³/mol. The molecule has 24 heavy (non-hydrogen) atoms. The minimum atomic E-state index is -1.04. The summed E-state index contributed by atoms with van der Waals surface area (Å²) >= 11 is 0. The van der Waals surface area contributed by atoms with Gasteiger partial charge in [0.2, 0.25) is 5.91 Å². The average Bonchev–Trinajstić information content (AvgIpc) is 2.56. The van der Waals surface area contributed by atoms with Gasteiger partial charge < -0.3 is 15.2 Å². The summed E-state index contributed by atoms with van der Waals surface area (Å²) in [5.41, 5.74) is 3.01. The number of hydrogen-bond acceptors (Lipinski definition) is 3. The van der Waals surface area contributed by atoms with Gasteiger partial charge in [0.25, 0.3) is 0 Å². The highest BCUT2D eigenvalue weighted by atomic mass is 16.5. The fourth-order valence-corrected chi connectivity index (χ4v) is 2.35. The first-order valence-electron chi connectivity index (χ1n) is 7.76. The van der Waals surface area contributed by atoms with E-state index >= 15 is 0 Å². The van der Waals surface area contributed by atoms with E-state index < -0.39 is 5.97 Å². The Balaban J connectivity index is 1.90. The van der Waals surface area contributed by atoms with Gasteiger partial charge in [0.1, 0.15) is 5.75 Å². The molecule has 2 rings (SSSR count). The van der Waals surface area contributed by atoms with Crippen molar-refractivity contribution in [3.05, 3.63) is 59.2 Å². The van der Waals surface area contributed by atoms with Crippen LogP contribution in [0.25, 0.3) is 0 Å². The van der Waals surface area contributed by atoms with Gasteiger partial charge in [0.15, 0.2) is 0 Å². The number of carbonyl (C=O) groups is 2. The van der Waals surface area contributed by atoms with Gasteiger partial charge in [-0.2, -0.15) is 0 Å². The van der Waals surface area contributed by atoms with Crippen molar-refractivity contribution in [2.75, 3.05) is 12.4 Å². The van der Waals surface area contributed by atoms with Gasteiger partial charge in [0.05, 0.1) is 18.4 Å². The minimum absolute atomic E-state index is 0.115. The molecule has 0 aliphatic heterocycles. The molecule has 0 aliphatic carbocycles. The Hall–Kier alpha value is -2.82. The molecule has 0 aromatic heterocycles. The van der Waals surface area contributed by atoms with Gasteiger partial charge >= 0.3 is 5.97 Å². The van der Waals surface area contributed by atoms with Crippen LogP contribution in [0.4, 0.5) is 5.69 Å². The van der Waals surface area contributed by atoms with Crippen molar-refractivity contribution in [2.24, 2.45) is 0 Å². The van der Waals surface area contributed by atoms with E-state index in [2.05, 4.69) is 29.6 Å². The zero-order valence-corrected chi connectivity index (χ0v) is 13.8. The Morgan fingerprint density at radius 1 is 1.12 bits per heavy atom. The number of rotatable bonds is 7. The van der Waals surface area contributed by atoms with Gasteiger partial charge in [-0.15, -0.1) is 0 Å². The summed E-state index contributed by atoms with van der Waals surface area (Å²) in [6, 6.07) is 12.6. The molecule has 0 saturated heterocycles. The standard InChI is InChI=1S/C19H21NO4/c1-13-6-8-14(9-7-13)4-3-5-18(21)20-16-11-10-15(19(22)23)12-17(16)24-2/h6-12H,3-5H2,1-2H3,(H,20,21)(H,22,23). The summed E-state index contributed by atoms with van der Waals surface area (Å²) in [5, 5.41) is 11.7. The second-order valence-electron chi connectivity index (χ2n) is 5.61. The number of carbonyl (C=O) groups excluding carboxylic acids is 1. The van der Waals surface area contributed by atoms with Crippen molar-refractivity contribution in [1.29, 1.82) is 0 Å². The number of aromatic carboxylic acids is 1. The predicted octanol–water partition coefficient (Wildman–Crippen LogP) is 3.66. The van der Waals surface area contributed by atoms with Crippen molar-refractivity contribution < 1.29 is 19.4 Å². The van der Waals surface area contributed by atoms with Crippen LogP contribution in [0.15, 0.2) is 42.5 Å². The number of carboxylic acid groups (broad SMARTS) is 1. The summed E-state index contributed by atoms with van der Waals surface area (Å²) < 4.78 is 5.14. The van der Waals surface area contributed by atoms with Gasteiger partial charge in [-0.05, 0) is 43.5 Å². The molecule has 0 fully saturated rings. The zero-order chi connectivity index (χ0) is 17.5. The van der Waals surface area contributed by atoms with Crippen LogP contribution >= 0.6 is 0 Å². The van der Waals surface area contributed by atoms with Crippen LogP contribution in [0.1, 0.15) is 34.3 Å². The van der Waals surface area contributed by atoms with Gasteiger partial charge in [-0.3, -0.25) is 4.79 Å². The van der Waals surface area contributed by atoms with Crippen LogP contribution in [0, 0.1) is 6.92 Å². The number of amides is 1.